The van der Waals surface area contributed by atoms with Crippen LogP contribution in [0.5, 0.6) is 0 Å². The van der Waals surface area contributed by atoms with E-state index in [0.717, 1.165) is 30.7 Å². The fourth-order valence-corrected chi connectivity index (χ4v) is 8.88. The smallest absolute Gasteiger partial charge is 0.333 e. The molecule has 0 saturated carbocycles. The van der Waals surface area contributed by atoms with Crippen LogP contribution in [0.2, 0.25) is 0 Å². The minimum atomic E-state index is -1.57. The number of rotatable bonds is 13. The van der Waals surface area contributed by atoms with Crippen LogP contribution in [0.4, 0.5) is 0 Å². The van der Waals surface area contributed by atoms with Crippen molar-refractivity contribution in [3.63, 3.8) is 0 Å². The zero-order valence-electron chi connectivity index (χ0n) is 46.2. The van der Waals surface area contributed by atoms with Gasteiger partial charge in [-0.1, -0.05) is 102 Å². The van der Waals surface area contributed by atoms with E-state index in [1.165, 1.54) is 48.1 Å². The lowest BCUT2D eigenvalue weighted by molar-refractivity contribution is -0.175. The number of cyclic esters (lactones) is 4. The highest BCUT2D eigenvalue weighted by molar-refractivity contribution is 6.20. The van der Waals surface area contributed by atoms with Crippen LogP contribution in [0.3, 0.4) is 0 Å². The maximum absolute atomic E-state index is 14.9. The number of benzene rings is 2. The second kappa shape index (κ2) is 28.4. The standard InChI is InChI=1S/C56H80Cl2N4O12/c1-31(2)23-43-53(67)71-37(11)49(63)59(13)46(26-34(7)8)56(70)74-48(30-40-20-18-22-42(28-40)36(10)58)52(66)62(16)44(24-32(3)4)54(68)72-38(12)50(64)60(14)45(25-33(5)6)55(69)73-47(51(65)61(43)15)29-39-19-17-21-41(27-39)35(9)57/h17-23,27-28,32-38,43-48H,24-26,29-30H2,1-16H3/t35?,36?,37-,38-,43+,44+,45+,46+,47-,48-/m1/s1. The van der Waals surface area contributed by atoms with Crippen LogP contribution < -0.4 is 0 Å². The van der Waals surface area contributed by atoms with Gasteiger partial charge in [-0.25, -0.2) is 19.2 Å². The number of esters is 4. The van der Waals surface area contributed by atoms with E-state index in [2.05, 4.69) is 0 Å². The predicted molar refractivity (Wildman–Crippen MR) is 284 cm³/mol. The van der Waals surface area contributed by atoms with Crippen LogP contribution in [-0.4, -0.2) is 144 Å². The van der Waals surface area contributed by atoms with Gasteiger partial charge in [0.1, 0.15) is 24.2 Å². The summed E-state index contributed by atoms with van der Waals surface area (Å²) >= 11 is 12.9. The Hall–Kier alpha value is -5.48. The molecular weight excluding hydrogens is 992 g/mol. The van der Waals surface area contributed by atoms with Gasteiger partial charge in [-0.3, -0.25) is 19.2 Å². The number of carbonyl (C=O) groups excluding carboxylic acids is 8. The van der Waals surface area contributed by atoms with E-state index in [-0.39, 0.29) is 49.9 Å². The Balaban J connectivity index is 2.31. The molecule has 1 fully saturated rings. The van der Waals surface area contributed by atoms with Crippen LogP contribution in [0, 0.1) is 17.8 Å². The molecule has 0 bridgehead atoms. The number of likely N-dealkylation sites (N-methyl/N-ethyl adjacent to an activating group) is 4. The van der Waals surface area contributed by atoms with Crippen molar-refractivity contribution in [3.8, 4) is 0 Å². The Morgan fingerprint density at radius 1 is 0.500 bits per heavy atom. The van der Waals surface area contributed by atoms with Crippen LogP contribution in [-0.2, 0) is 70.1 Å². The molecule has 0 spiro atoms. The summed E-state index contributed by atoms with van der Waals surface area (Å²) in [5.74, 6) is -7.49. The topological polar surface area (TPSA) is 186 Å². The Labute approximate surface area is 448 Å². The molecule has 2 aromatic rings. The molecule has 1 saturated heterocycles. The molecule has 74 heavy (non-hydrogen) atoms. The van der Waals surface area contributed by atoms with Crippen LogP contribution in [0.1, 0.15) is 135 Å². The minimum absolute atomic E-state index is 0.0723. The highest BCUT2D eigenvalue weighted by Crippen LogP contribution is 2.26. The Morgan fingerprint density at radius 2 is 0.824 bits per heavy atom. The van der Waals surface area contributed by atoms with E-state index in [1.807, 2.05) is 53.7 Å². The molecule has 1 aliphatic rings. The number of carbonyl (C=O) groups is 8. The van der Waals surface area contributed by atoms with Gasteiger partial charge in [-0.2, -0.15) is 0 Å². The monoisotopic (exact) mass is 1070 g/mol. The third-order valence-corrected chi connectivity index (χ3v) is 13.4. The lowest BCUT2D eigenvalue weighted by atomic mass is 9.99. The number of nitrogens with zero attached hydrogens (tertiary/aromatic N) is 4. The maximum Gasteiger partial charge on any atom is 0.333 e. The van der Waals surface area contributed by atoms with Crippen molar-refractivity contribution in [3.05, 3.63) is 82.4 Å². The van der Waals surface area contributed by atoms with Gasteiger partial charge in [0.05, 0.1) is 10.8 Å². The minimum Gasteiger partial charge on any atom is -0.451 e. The molecule has 1 aliphatic heterocycles. The van der Waals surface area contributed by atoms with Gasteiger partial charge >= 0.3 is 23.9 Å². The Bertz CT molecular complexity index is 2320. The molecule has 3 rings (SSSR count). The van der Waals surface area contributed by atoms with Gasteiger partial charge in [0.2, 0.25) is 0 Å². The van der Waals surface area contributed by atoms with Gasteiger partial charge in [0.15, 0.2) is 24.4 Å². The molecule has 18 heteroatoms. The predicted octanol–water partition coefficient (Wildman–Crippen LogP) is 8.18. The van der Waals surface area contributed by atoms with Crippen LogP contribution in [0.15, 0.2) is 60.2 Å². The second-order valence-electron chi connectivity index (χ2n) is 21.1. The third-order valence-electron chi connectivity index (χ3n) is 12.9. The largest absolute Gasteiger partial charge is 0.451 e. The number of hydrogen-bond donors (Lipinski definition) is 0. The number of alkyl halides is 2. The van der Waals surface area contributed by atoms with E-state index < -0.39 is 107 Å². The van der Waals surface area contributed by atoms with Crippen molar-refractivity contribution < 1.29 is 57.3 Å². The molecule has 0 N–H and O–H groups in total. The van der Waals surface area contributed by atoms with Gasteiger partial charge in [-0.05, 0) is 101 Å². The molecule has 0 aliphatic carbocycles. The summed E-state index contributed by atoms with van der Waals surface area (Å²) in [6, 6.07) is 8.85. The quantitative estimate of drug-likeness (QED) is 0.0812. The molecule has 1 heterocycles. The van der Waals surface area contributed by atoms with E-state index in [9.17, 15) is 38.4 Å². The number of halogens is 2. The summed E-state index contributed by atoms with van der Waals surface area (Å²) in [4.78, 5) is 121. The SMILES string of the molecule is CC(C)=C[C@H]1C(=O)O[C@H](C)C(=O)N(C)[C@@H](CC(C)C)C(=O)O[C@H](Cc2cccc(C(C)Cl)c2)C(=O)N(C)[C@@H](CC(C)C)C(=O)O[C@H](C)C(=O)N(C)[C@@H](CC(C)C)C(=O)O[C@H](Cc2cccc(C(C)Cl)c2)C(=O)N1C. The van der Waals surface area contributed by atoms with E-state index in [1.54, 1.807) is 64.1 Å². The number of ether oxygens (including phenoxy) is 4. The van der Waals surface area contributed by atoms with Crippen molar-refractivity contribution in [1.82, 2.24) is 19.6 Å². The summed E-state index contributed by atoms with van der Waals surface area (Å²) in [5.41, 5.74) is 3.25. The first kappa shape index (κ1) is 62.8. The van der Waals surface area contributed by atoms with Crippen molar-refractivity contribution in [2.24, 2.45) is 17.8 Å². The van der Waals surface area contributed by atoms with E-state index in [0.29, 0.717) is 16.7 Å². The van der Waals surface area contributed by atoms with Gasteiger partial charge in [-0.15, -0.1) is 23.2 Å². The van der Waals surface area contributed by atoms with Crippen molar-refractivity contribution in [2.45, 2.75) is 175 Å². The summed E-state index contributed by atoms with van der Waals surface area (Å²) in [6.45, 7) is 20.7. The molecule has 16 nitrogen and oxygen atoms in total. The van der Waals surface area contributed by atoms with Crippen molar-refractivity contribution in [2.75, 3.05) is 28.2 Å². The molecule has 0 aromatic heterocycles. The average molecular weight is 1070 g/mol. The third kappa shape index (κ3) is 17.8. The first-order chi connectivity index (χ1) is 34.4. The summed E-state index contributed by atoms with van der Waals surface area (Å²) in [5, 5.41) is -0.796. The molecule has 10 atom stereocenters. The normalized spacial score (nSPS) is 24.9. The lowest BCUT2D eigenvalue weighted by Crippen LogP contribution is -2.54. The van der Waals surface area contributed by atoms with Crippen molar-refractivity contribution in [1.29, 1.82) is 0 Å². The fourth-order valence-electron chi connectivity index (χ4n) is 8.61. The highest BCUT2D eigenvalue weighted by Gasteiger charge is 2.42. The average Bonchev–Trinajstić information content (AvgIpc) is 3.32. The van der Waals surface area contributed by atoms with Crippen LogP contribution >= 0.6 is 23.2 Å². The molecular formula is C56H80Cl2N4O12. The Kier molecular flexibility index (Phi) is 24.1. The molecule has 410 valence electrons. The number of allylic oxidation sites excluding steroid dienone is 1. The summed E-state index contributed by atoms with van der Waals surface area (Å²) in [7, 11) is 5.46. The molecule has 2 unspecified atom stereocenters. The summed E-state index contributed by atoms with van der Waals surface area (Å²) in [6.07, 6.45) is -4.73. The van der Waals surface area contributed by atoms with Gasteiger partial charge < -0.3 is 38.5 Å². The van der Waals surface area contributed by atoms with Crippen molar-refractivity contribution >= 4 is 70.7 Å². The fraction of sp³-hybridized carbons (Fsp3) is 0.607. The first-order valence-electron chi connectivity index (χ1n) is 25.4. The Morgan fingerprint density at radius 3 is 1.16 bits per heavy atom. The number of hydrogen-bond acceptors (Lipinski definition) is 12. The van der Waals surface area contributed by atoms with E-state index >= 15 is 0 Å². The van der Waals surface area contributed by atoms with Gasteiger partial charge in [0.25, 0.3) is 23.6 Å². The summed E-state index contributed by atoms with van der Waals surface area (Å²) < 4.78 is 23.9. The van der Waals surface area contributed by atoms with Gasteiger partial charge in [0, 0.05) is 41.0 Å². The molecule has 4 amide bonds. The zero-order valence-corrected chi connectivity index (χ0v) is 47.7. The zero-order chi connectivity index (χ0) is 56.0. The molecule has 2 aromatic carbocycles. The number of amides is 4. The molecule has 0 radical (unpaired) electrons. The van der Waals surface area contributed by atoms with E-state index in [4.69, 9.17) is 42.1 Å². The first-order valence-corrected chi connectivity index (χ1v) is 26.3. The maximum atomic E-state index is 14.9. The van der Waals surface area contributed by atoms with Crippen LogP contribution in [0.25, 0.3) is 0 Å². The highest BCUT2D eigenvalue weighted by atomic mass is 35.5. The lowest BCUT2D eigenvalue weighted by Gasteiger charge is -2.35. The second-order valence-corrected chi connectivity index (χ2v) is 22.4.